The summed E-state index contributed by atoms with van der Waals surface area (Å²) in [6.45, 7) is 4.61. The number of benzene rings is 1. The molecule has 0 amide bonds. The van der Waals surface area contributed by atoms with Crippen molar-refractivity contribution in [2.75, 3.05) is 23.7 Å². The number of hydrogen-bond acceptors (Lipinski definition) is 2. The van der Waals surface area contributed by atoms with Gasteiger partial charge in [0, 0.05) is 29.9 Å². The van der Waals surface area contributed by atoms with Crippen LogP contribution in [0.5, 0.6) is 0 Å². The Bertz CT molecular complexity index is 397. The second kappa shape index (κ2) is 3.41. The van der Waals surface area contributed by atoms with Crippen molar-refractivity contribution in [2.24, 2.45) is 5.41 Å². The molecule has 16 heavy (non-hydrogen) atoms. The van der Waals surface area contributed by atoms with Gasteiger partial charge >= 0.3 is 0 Å². The van der Waals surface area contributed by atoms with Crippen molar-refractivity contribution < 1.29 is 0 Å². The first kappa shape index (κ1) is 10.0. The molecule has 1 spiro atoms. The summed E-state index contributed by atoms with van der Waals surface area (Å²) in [4.78, 5) is 2.50. The van der Waals surface area contributed by atoms with E-state index in [0.29, 0.717) is 5.41 Å². The lowest BCUT2D eigenvalue weighted by molar-refractivity contribution is 0.222. The van der Waals surface area contributed by atoms with Gasteiger partial charge in [-0.25, -0.2) is 0 Å². The Morgan fingerprint density at radius 3 is 2.50 bits per heavy atom. The number of anilines is 2. The second-order valence-electron chi connectivity index (χ2n) is 5.60. The van der Waals surface area contributed by atoms with Crippen molar-refractivity contribution in [2.45, 2.75) is 32.6 Å². The molecule has 2 nitrogen and oxygen atoms in total. The second-order valence-corrected chi connectivity index (χ2v) is 5.60. The number of nitrogen functional groups attached to an aromatic ring is 1. The van der Waals surface area contributed by atoms with Gasteiger partial charge in [-0.05, 0) is 43.5 Å². The molecule has 2 heteroatoms. The van der Waals surface area contributed by atoms with Gasteiger partial charge in [-0.15, -0.1) is 0 Å². The van der Waals surface area contributed by atoms with Crippen LogP contribution in [0.3, 0.4) is 0 Å². The van der Waals surface area contributed by atoms with Gasteiger partial charge in [-0.2, -0.15) is 0 Å². The van der Waals surface area contributed by atoms with Crippen LogP contribution in [0.25, 0.3) is 0 Å². The molecule has 1 saturated heterocycles. The van der Waals surface area contributed by atoms with E-state index >= 15 is 0 Å². The minimum absolute atomic E-state index is 0.676. The van der Waals surface area contributed by atoms with Gasteiger partial charge in [0.15, 0.2) is 0 Å². The zero-order valence-electron chi connectivity index (χ0n) is 10.00. The molecule has 0 radical (unpaired) electrons. The van der Waals surface area contributed by atoms with Crippen molar-refractivity contribution in [1.82, 2.24) is 0 Å². The van der Waals surface area contributed by atoms with Crippen molar-refractivity contribution >= 4 is 11.4 Å². The Morgan fingerprint density at radius 1 is 1.19 bits per heavy atom. The molecule has 2 N–H and O–H groups in total. The number of hydrogen-bond donors (Lipinski definition) is 1. The predicted octanol–water partition coefficient (Wildman–Crippen LogP) is 2.96. The smallest absolute Gasteiger partial charge is 0.0370 e. The lowest BCUT2D eigenvalue weighted by Crippen LogP contribution is -2.55. The molecule has 1 saturated carbocycles. The van der Waals surface area contributed by atoms with Gasteiger partial charge < -0.3 is 10.6 Å². The SMILES string of the molecule is Cc1cc(N2CC3(CCCC3)C2)ccc1N. The van der Waals surface area contributed by atoms with Crippen molar-refractivity contribution in [3.8, 4) is 0 Å². The maximum atomic E-state index is 5.85. The van der Waals surface area contributed by atoms with Gasteiger partial charge in [-0.1, -0.05) is 12.8 Å². The maximum Gasteiger partial charge on any atom is 0.0370 e. The first-order chi connectivity index (χ1) is 7.69. The highest BCUT2D eigenvalue weighted by Gasteiger charge is 2.44. The highest BCUT2D eigenvalue weighted by atomic mass is 15.2. The van der Waals surface area contributed by atoms with Crippen LogP contribution >= 0.6 is 0 Å². The summed E-state index contributed by atoms with van der Waals surface area (Å²) in [7, 11) is 0. The maximum absolute atomic E-state index is 5.85. The van der Waals surface area contributed by atoms with Gasteiger partial charge in [-0.3, -0.25) is 0 Å². The van der Waals surface area contributed by atoms with Crippen LogP contribution in [-0.4, -0.2) is 13.1 Å². The number of aryl methyl sites for hydroxylation is 1. The van der Waals surface area contributed by atoms with Crippen LogP contribution in [0.2, 0.25) is 0 Å². The number of nitrogens with two attached hydrogens (primary N) is 1. The molecule has 3 rings (SSSR count). The van der Waals surface area contributed by atoms with E-state index < -0.39 is 0 Å². The molecule has 2 fully saturated rings. The summed E-state index contributed by atoms with van der Waals surface area (Å²) in [6, 6.07) is 6.41. The van der Waals surface area contributed by atoms with Crippen molar-refractivity contribution in [3.63, 3.8) is 0 Å². The molecule has 1 aliphatic carbocycles. The van der Waals surface area contributed by atoms with Crippen LogP contribution in [0.4, 0.5) is 11.4 Å². The highest BCUT2D eigenvalue weighted by molar-refractivity contribution is 5.59. The van der Waals surface area contributed by atoms with Crippen molar-refractivity contribution in [1.29, 1.82) is 0 Å². The van der Waals surface area contributed by atoms with Crippen LogP contribution < -0.4 is 10.6 Å². The van der Waals surface area contributed by atoms with Gasteiger partial charge in [0.05, 0.1) is 0 Å². The third kappa shape index (κ3) is 1.48. The Morgan fingerprint density at radius 2 is 1.88 bits per heavy atom. The summed E-state index contributed by atoms with van der Waals surface area (Å²) in [5, 5.41) is 0. The molecule has 0 atom stereocenters. The monoisotopic (exact) mass is 216 g/mol. The minimum Gasteiger partial charge on any atom is -0.399 e. The minimum atomic E-state index is 0.676. The molecule has 1 aromatic carbocycles. The van der Waals surface area contributed by atoms with E-state index in [0.717, 1.165) is 5.69 Å². The molecule has 86 valence electrons. The first-order valence-electron chi connectivity index (χ1n) is 6.30. The topological polar surface area (TPSA) is 29.3 Å². The van der Waals surface area contributed by atoms with Gasteiger partial charge in [0.25, 0.3) is 0 Å². The Balaban J connectivity index is 1.73. The molecule has 0 unspecified atom stereocenters. The number of rotatable bonds is 1. The average molecular weight is 216 g/mol. The van der Waals surface area contributed by atoms with E-state index in [2.05, 4.69) is 24.0 Å². The summed E-state index contributed by atoms with van der Waals surface area (Å²) < 4.78 is 0. The van der Waals surface area contributed by atoms with Crippen LogP contribution in [0.1, 0.15) is 31.2 Å². The average Bonchev–Trinajstić information content (AvgIpc) is 2.69. The third-order valence-corrected chi connectivity index (χ3v) is 4.34. The van der Waals surface area contributed by atoms with E-state index in [-0.39, 0.29) is 0 Å². The molecular formula is C14H20N2. The quantitative estimate of drug-likeness (QED) is 0.731. The van der Waals surface area contributed by atoms with E-state index in [1.165, 1.54) is 50.0 Å². The molecule has 0 aromatic heterocycles. The zero-order valence-corrected chi connectivity index (χ0v) is 10.00. The molecule has 1 heterocycles. The van der Waals surface area contributed by atoms with Crippen LogP contribution in [0.15, 0.2) is 18.2 Å². The van der Waals surface area contributed by atoms with E-state index in [1.54, 1.807) is 0 Å². The summed E-state index contributed by atoms with van der Waals surface area (Å²) in [5.74, 6) is 0. The standard InChI is InChI=1S/C14H20N2/c1-11-8-12(4-5-13(11)15)16-9-14(10-16)6-2-3-7-14/h4-5,8H,2-3,6-7,9-10,15H2,1H3. The third-order valence-electron chi connectivity index (χ3n) is 4.34. The van der Waals surface area contributed by atoms with E-state index in [4.69, 9.17) is 5.73 Å². The fourth-order valence-corrected chi connectivity index (χ4v) is 3.24. The summed E-state index contributed by atoms with van der Waals surface area (Å²) in [5.41, 5.74) is 9.97. The highest BCUT2D eigenvalue weighted by Crippen LogP contribution is 2.47. The predicted molar refractivity (Wildman–Crippen MR) is 68.7 cm³/mol. The lowest BCUT2D eigenvalue weighted by Gasteiger charge is -2.50. The van der Waals surface area contributed by atoms with Crippen LogP contribution in [-0.2, 0) is 0 Å². The van der Waals surface area contributed by atoms with Gasteiger partial charge in [0.1, 0.15) is 0 Å². The molecule has 1 aromatic rings. The molecule has 1 aliphatic heterocycles. The Hall–Kier alpha value is -1.18. The van der Waals surface area contributed by atoms with E-state index in [9.17, 15) is 0 Å². The molecular weight excluding hydrogens is 196 g/mol. The van der Waals surface area contributed by atoms with E-state index in [1.807, 2.05) is 6.07 Å². The summed E-state index contributed by atoms with van der Waals surface area (Å²) in [6.07, 6.45) is 5.76. The molecule has 2 aliphatic rings. The zero-order chi connectivity index (χ0) is 11.2. The van der Waals surface area contributed by atoms with Crippen LogP contribution in [0, 0.1) is 12.3 Å². The Kier molecular flexibility index (Phi) is 2.13. The fraction of sp³-hybridized carbons (Fsp3) is 0.571. The normalized spacial score (nSPS) is 22.4. The lowest BCUT2D eigenvalue weighted by atomic mass is 9.78. The van der Waals surface area contributed by atoms with Crippen molar-refractivity contribution in [3.05, 3.63) is 23.8 Å². The fourth-order valence-electron chi connectivity index (χ4n) is 3.24. The number of nitrogens with zero attached hydrogens (tertiary/aromatic N) is 1. The molecule has 0 bridgehead atoms. The summed E-state index contributed by atoms with van der Waals surface area (Å²) >= 11 is 0. The van der Waals surface area contributed by atoms with Gasteiger partial charge in [0.2, 0.25) is 0 Å². The first-order valence-corrected chi connectivity index (χ1v) is 6.30. The Labute approximate surface area is 97.4 Å². The largest absolute Gasteiger partial charge is 0.399 e.